The van der Waals surface area contributed by atoms with E-state index >= 15 is 0 Å². The van der Waals surface area contributed by atoms with Crippen LogP contribution in [-0.2, 0) is 14.4 Å². The van der Waals surface area contributed by atoms with Crippen LogP contribution in [0.1, 0.15) is 25.5 Å². The molecule has 3 rings (SSSR count). The fourth-order valence-corrected chi connectivity index (χ4v) is 4.85. The number of nitrogens with two attached hydrogens (primary N) is 1. The SMILES string of the molecule is CC1(C)SC2C(NC(=O)C(N)c3ccc(O)cc3)C(=O)N2C1C(=O)O.O.O.O. The maximum Gasteiger partial charge on any atom is 0.327 e. The molecule has 0 saturated carbocycles. The van der Waals surface area contributed by atoms with Crippen LogP contribution >= 0.6 is 11.8 Å². The Labute approximate surface area is 164 Å². The van der Waals surface area contributed by atoms with Crippen LogP contribution < -0.4 is 11.1 Å². The molecule has 2 fully saturated rings. The fraction of sp³-hybridized carbons (Fsp3) is 0.438. The van der Waals surface area contributed by atoms with Crippen molar-refractivity contribution in [3.63, 3.8) is 0 Å². The summed E-state index contributed by atoms with van der Waals surface area (Å²) in [7, 11) is 0. The number of hydrogen-bond donors (Lipinski definition) is 4. The zero-order valence-corrected chi connectivity index (χ0v) is 16.0. The third-order valence-electron chi connectivity index (χ3n) is 4.51. The third-order valence-corrected chi connectivity index (χ3v) is 6.08. The molecule has 158 valence electrons. The summed E-state index contributed by atoms with van der Waals surface area (Å²) in [5.74, 6) is -1.94. The number of amides is 2. The topological polar surface area (TPSA) is 227 Å². The van der Waals surface area contributed by atoms with Crippen LogP contribution in [0.15, 0.2) is 24.3 Å². The molecule has 2 saturated heterocycles. The maximum absolute atomic E-state index is 12.3. The van der Waals surface area contributed by atoms with Crippen molar-refractivity contribution in [1.82, 2.24) is 10.2 Å². The number of nitrogens with zero attached hydrogens (tertiary/aromatic N) is 1. The number of carboxylic acid groups (broad SMARTS) is 1. The van der Waals surface area contributed by atoms with Crippen molar-refractivity contribution in [1.29, 1.82) is 0 Å². The zero-order chi connectivity index (χ0) is 18.5. The van der Waals surface area contributed by atoms with Crippen molar-refractivity contribution in [2.24, 2.45) is 5.73 Å². The van der Waals surface area contributed by atoms with Gasteiger partial charge in [-0.15, -0.1) is 11.8 Å². The Kier molecular flexibility index (Phi) is 8.01. The molecule has 2 aliphatic rings. The van der Waals surface area contributed by atoms with Gasteiger partial charge in [-0.1, -0.05) is 12.1 Å². The van der Waals surface area contributed by atoms with E-state index in [9.17, 15) is 24.6 Å². The van der Waals surface area contributed by atoms with Crippen LogP contribution in [0.25, 0.3) is 0 Å². The van der Waals surface area contributed by atoms with E-state index in [0.29, 0.717) is 5.56 Å². The monoisotopic (exact) mass is 419 g/mol. The Morgan fingerprint density at radius 3 is 2.25 bits per heavy atom. The van der Waals surface area contributed by atoms with Gasteiger partial charge in [0.25, 0.3) is 0 Å². The number of aliphatic carboxylic acids is 1. The molecule has 0 aliphatic carbocycles. The highest BCUT2D eigenvalue weighted by Gasteiger charge is 2.64. The number of β-lactam (4-membered cyclic amide) rings is 1. The lowest BCUT2D eigenvalue weighted by atomic mass is 9.95. The largest absolute Gasteiger partial charge is 0.508 e. The number of hydrogen-bond acceptors (Lipinski definition) is 6. The van der Waals surface area contributed by atoms with Gasteiger partial charge in [0, 0.05) is 4.75 Å². The first-order chi connectivity index (χ1) is 11.6. The van der Waals surface area contributed by atoms with Crippen LogP contribution in [0, 0.1) is 0 Å². The van der Waals surface area contributed by atoms with Crippen LogP contribution in [-0.4, -0.2) is 71.5 Å². The molecule has 2 amide bonds. The van der Waals surface area contributed by atoms with E-state index in [1.54, 1.807) is 13.8 Å². The van der Waals surface area contributed by atoms with Gasteiger partial charge in [0.1, 0.15) is 29.2 Å². The zero-order valence-electron chi connectivity index (χ0n) is 15.2. The lowest BCUT2D eigenvalue weighted by molar-refractivity contribution is -0.161. The number of phenolic OH excluding ortho intramolecular Hbond substituents is 1. The van der Waals surface area contributed by atoms with Crippen molar-refractivity contribution >= 4 is 29.5 Å². The second-order valence-corrected chi connectivity index (χ2v) is 8.42. The molecule has 11 N–H and O–H groups in total. The molecule has 0 spiro atoms. The van der Waals surface area contributed by atoms with Crippen molar-refractivity contribution < 1.29 is 41.0 Å². The van der Waals surface area contributed by atoms with Crippen LogP contribution in [0.4, 0.5) is 0 Å². The molecule has 2 aliphatic heterocycles. The Balaban J connectivity index is 0.00000243. The number of nitrogens with one attached hydrogen (secondary N) is 1. The Hall–Kier alpha value is -2.38. The summed E-state index contributed by atoms with van der Waals surface area (Å²) in [4.78, 5) is 37.5. The molecule has 1 aromatic carbocycles. The minimum Gasteiger partial charge on any atom is -0.508 e. The molecule has 0 bridgehead atoms. The van der Waals surface area contributed by atoms with Crippen molar-refractivity contribution in [2.75, 3.05) is 0 Å². The lowest BCUT2D eigenvalue weighted by Crippen LogP contribution is -2.71. The van der Waals surface area contributed by atoms with Gasteiger partial charge in [-0.2, -0.15) is 0 Å². The van der Waals surface area contributed by atoms with Crippen molar-refractivity contribution in [2.45, 2.75) is 42.1 Å². The molecular weight excluding hydrogens is 394 g/mol. The Morgan fingerprint density at radius 2 is 1.75 bits per heavy atom. The summed E-state index contributed by atoms with van der Waals surface area (Å²) in [6.45, 7) is 3.53. The minimum absolute atomic E-state index is 0. The van der Waals surface area contributed by atoms with Gasteiger partial charge in [-0.25, -0.2) is 4.79 Å². The van der Waals surface area contributed by atoms with Crippen molar-refractivity contribution in [3.05, 3.63) is 29.8 Å². The van der Waals surface area contributed by atoms with Gasteiger partial charge in [-0.05, 0) is 31.5 Å². The van der Waals surface area contributed by atoms with E-state index in [1.807, 2.05) is 0 Å². The standard InChI is InChI=1S/C16H19N3O5S.3H2O/c1-16(2)11(15(23)24)19-13(22)10(14(19)25-16)18-12(21)9(17)7-3-5-8(20)6-4-7;;;/h3-6,9-11,14,20H,17H2,1-2H3,(H,18,21)(H,23,24);3*1H2. The summed E-state index contributed by atoms with van der Waals surface area (Å²) >= 11 is 1.35. The second-order valence-electron chi connectivity index (χ2n) is 6.65. The molecule has 4 atom stereocenters. The summed E-state index contributed by atoms with van der Waals surface area (Å²) in [6, 6.07) is 3.21. The first-order valence-corrected chi connectivity index (χ1v) is 8.59. The average Bonchev–Trinajstić information content (AvgIpc) is 2.80. The highest BCUT2D eigenvalue weighted by Crippen LogP contribution is 2.50. The van der Waals surface area contributed by atoms with Gasteiger partial charge in [-0.3, -0.25) is 9.59 Å². The van der Waals surface area contributed by atoms with Gasteiger partial charge in [0.05, 0.1) is 0 Å². The summed E-state index contributed by atoms with van der Waals surface area (Å²) in [5.41, 5.74) is 6.41. The number of aromatic hydroxyl groups is 1. The number of carboxylic acids is 1. The van der Waals surface area contributed by atoms with Gasteiger partial charge in [0.2, 0.25) is 11.8 Å². The number of phenols is 1. The maximum atomic E-state index is 12.3. The number of benzene rings is 1. The van der Waals surface area contributed by atoms with E-state index in [1.165, 1.54) is 40.9 Å². The van der Waals surface area contributed by atoms with E-state index in [-0.39, 0.29) is 22.2 Å². The van der Waals surface area contributed by atoms with E-state index < -0.39 is 46.0 Å². The first-order valence-electron chi connectivity index (χ1n) is 7.71. The number of thioether (sulfide) groups is 1. The first kappa shape index (κ1) is 25.6. The van der Waals surface area contributed by atoms with Crippen LogP contribution in [0.5, 0.6) is 5.75 Å². The van der Waals surface area contributed by atoms with E-state index in [4.69, 9.17) is 5.73 Å². The highest BCUT2D eigenvalue weighted by atomic mass is 32.2. The molecule has 0 aromatic heterocycles. The fourth-order valence-electron chi connectivity index (χ4n) is 3.22. The third kappa shape index (κ3) is 4.05. The summed E-state index contributed by atoms with van der Waals surface area (Å²) in [5, 5.41) is 20.9. The summed E-state index contributed by atoms with van der Waals surface area (Å²) in [6.07, 6.45) is 0. The predicted molar refractivity (Wildman–Crippen MR) is 102 cm³/mol. The number of carbonyl (C=O) groups excluding carboxylic acids is 2. The second kappa shape index (κ2) is 8.75. The van der Waals surface area contributed by atoms with E-state index in [0.717, 1.165) is 0 Å². The summed E-state index contributed by atoms with van der Waals surface area (Å²) < 4.78 is -0.648. The Bertz CT molecular complexity index is 742. The molecule has 2 heterocycles. The molecule has 12 heteroatoms. The molecule has 4 unspecified atom stereocenters. The van der Waals surface area contributed by atoms with E-state index in [2.05, 4.69) is 5.32 Å². The molecule has 11 nitrogen and oxygen atoms in total. The van der Waals surface area contributed by atoms with Gasteiger partial charge in [0.15, 0.2) is 0 Å². The van der Waals surface area contributed by atoms with Crippen LogP contribution in [0.3, 0.4) is 0 Å². The molecular formula is C16H25N3O8S. The normalized spacial score (nSPS) is 25.0. The molecule has 0 radical (unpaired) electrons. The molecule has 1 aromatic rings. The highest BCUT2D eigenvalue weighted by molar-refractivity contribution is 8.01. The minimum atomic E-state index is -1.06. The average molecular weight is 419 g/mol. The number of carbonyl (C=O) groups is 3. The Morgan fingerprint density at radius 1 is 1.21 bits per heavy atom. The lowest BCUT2D eigenvalue weighted by Gasteiger charge is -2.43. The van der Waals surface area contributed by atoms with Crippen LogP contribution in [0.2, 0.25) is 0 Å². The smallest absolute Gasteiger partial charge is 0.327 e. The predicted octanol–water partition coefficient (Wildman–Crippen LogP) is -2.45. The quantitative estimate of drug-likeness (QED) is 0.384. The van der Waals surface area contributed by atoms with Gasteiger partial charge >= 0.3 is 5.97 Å². The van der Waals surface area contributed by atoms with Gasteiger partial charge < -0.3 is 42.6 Å². The number of fused-ring (bicyclic) bond motifs is 1. The van der Waals surface area contributed by atoms with Crippen molar-refractivity contribution in [3.8, 4) is 5.75 Å². The number of rotatable bonds is 4. The molecule has 28 heavy (non-hydrogen) atoms.